The predicted molar refractivity (Wildman–Crippen MR) is 62.6 cm³/mol. The van der Waals surface area contributed by atoms with Crippen LogP contribution in [0.2, 0.25) is 0 Å². The Morgan fingerprint density at radius 2 is 2.18 bits per heavy atom. The maximum atomic E-state index is 5.18. The molecule has 0 radical (unpaired) electrons. The SMILES string of the molecule is COc1ncc(-c2cnn(C)c2)c2nc[nH]c12. The second-order valence-electron chi connectivity index (χ2n) is 3.71. The minimum atomic E-state index is 0.546. The third-order valence-corrected chi connectivity index (χ3v) is 2.63. The van der Waals surface area contributed by atoms with Gasteiger partial charge in [0, 0.05) is 30.6 Å². The van der Waals surface area contributed by atoms with E-state index in [2.05, 4.69) is 20.1 Å². The van der Waals surface area contributed by atoms with Crippen LogP contribution in [0.3, 0.4) is 0 Å². The van der Waals surface area contributed by atoms with Crippen molar-refractivity contribution in [3.05, 3.63) is 24.9 Å². The van der Waals surface area contributed by atoms with Gasteiger partial charge in [-0.15, -0.1) is 0 Å². The Kier molecular flexibility index (Phi) is 2.07. The van der Waals surface area contributed by atoms with Gasteiger partial charge >= 0.3 is 0 Å². The molecule has 0 bridgehead atoms. The van der Waals surface area contributed by atoms with Gasteiger partial charge in [-0.2, -0.15) is 5.10 Å². The fourth-order valence-electron chi connectivity index (χ4n) is 1.84. The lowest BCUT2D eigenvalue weighted by Crippen LogP contribution is -1.90. The van der Waals surface area contributed by atoms with Crippen LogP contribution in [-0.2, 0) is 7.05 Å². The van der Waals surface area contributed by atoms with Gasteiger partial charge in [0.1, 0.15) is 11.0 Å². The third-order valence-electron chi connectivity index (χ3n) is 2.63. The number of imidazole rings is 1. The van der Waals surface area contributed by atoms with Gasteiger partial charge in [0.05, 0.1) is 19.6 Å². The van der Waals surface area contributed by atoms with Crippen LogP contribution in [0.5, 0.6) is 5.88 Å². The lowest BCUT2D eigenvalue weighted by Gasteiger charge is -2.02. The molecule has 0 aliphatic rings. The number of nitrogens with zero attached hydrogens (tertiary/aromatic N) is 4. The molecule has 17 heavy (non-hydrogen) atoms. The molecule has 0 spiro atoms. The van der Waals surface area contributed by atoms with E-state index in [1.165, 1.54) is 0 Å². The molecular formula is C11H11N5O. The summed E-state index contributed by atoms with van der Waals surface area (Å²) in [5.41, 5.74) is 3.56. The van der Waals surface area contributed by atoms with E-state index in [4.69, 9.17) is 4.74 Å². The van der Waals surface area contributed by atoms with Crippen LogP contribution >= 0.6 is 0 Å². The van der Waals surface area contributed by atoms with Crippen molar-refractivity contribution in [2.75, 3.05) is 7.11 Å². The molecule has 0 fully saturated rings. The molecule has 0 aromatic carbocycles. The third kappa shape index (κ3) is 1.45. The van der Waals surface area contributed by atoms with Crippen molar-refractivity contribution in [2.45, 2.75) is 0 Å². The molecular weight excluding hydrogens is 218 g/mol. The van der Waals surface area contributed by atoms with Crippen LogP contribution in [0.25, 0.3) is 22.2 Å². The van der Waals surface area contributed by atoms with E-state index >= 15 is 0 Å². The molecule has 3 heterocycles. The predicted octanol–water partition coefficient (Wildman–Crippen LogP) is 1.37. The van der Waals surface area contributed by atoms with Crippen molar-refractivity contribution in [3.63, 3.8) is 0 Å². The zero-order valence-corrected chi connectivity index (χ0v) is 9.51. The number of H-pyrrole nitrogens is 1. The molecule has 0 aliphatic carbocycles. The highest BCUT2D eigenvalue weighted by Crippen LogP contribution is 2.29. The number of ether oxygens (including phenoxy) is 1. The van der Waals surface area contributed by atoms with Gasteiger partial charge in [0.25, 0.3) is 0 Å². The fraction of sp³-hybridized carbons (Fsp3) is 0.182. The van der Waals surface area contributed by atoms with Gasteiger partial charge in [-0.05, 0) is 0 Å². The first-order chi connectivity index (χ1) is 8.29. The molecule has 6 nitrogen and oxygen atoms in total. The van der Waals surface area contributed by atoms with Crippen LogP contribution in [0, 0.1) is 0 Å². The summed E-state index contributed by atoms with van der Waals surface area (Å²) >= 11 is 0. The monoisotopic (exact) mass is 229 g/mol. The number of hydrogen-bond donors (Lipinski definition) is 1. The van der Waals surface area contributed by atoms with Crippen LogP contribution < -0.4 is 4.74 Å². The van der Waals surface area contributed by atoms with E-state index in [1.807, 2.05) is 13.2 Å². The molecule has 0 aliphatic heterocycles. The first kappa shape index (κ1) is 9.83. The van der Waals surface area contributed by atoms with Gasteiger partial charge in [0.15, 0.2) is 0 Å². The van der Waals surface area contributed by atoms with Crippen LogP contribution in [0.15, 0.2) is 24.9 Å². The molecule has 3 rings (SSSR count). The number of aromatic amines is 1. The fourth-order valence-corrected chi connectivity index (χ4v) is 1.84. The molecule has 0 saturated heterocycles. The van der Waals surface area contributed by atoms with Crippen molar-refractivity contribution in [1.82, 2.24) is 24.7 Å². The highest BCUT2D eigenvalue weighted by atomic mass is 16.5. The van der Waals surface area contributed by atoms with E-state index in [1.54, 1.807) is 30.5 Å². The molecule has 0 saturated carbocycles. The summed E-state index contributed by atoms with van der Waals surface area (Å²) in [5.74, 6) is 0.546. The van der Waals surface area contributed by atoms with Crippen molar-refractivity contribution in [3.8, 4) is 17.0 Å². The number of rotatable bonds is 2. The lowest BCUT2D eigenvalue weighted by molar-refractivity contribution is 0.402. The molecule has 0 atom stereocenters. The van der Waals surface area contributed by atoms with Crippen LogP contribution in [-0.4, -0.2) is 31.8 Å². The summed E-state index contributed by atoms with van der Waals surface area (Å²) in [6.45, 7) is 0. The lowest BCUT2D eigenvalue weighted by atomic mass is 10.1. The Bertz CT molecular complexity index is 669. The first-order valence-corrected chi connectivity index (χ1v) is 5.14. The zero-order valence-electron chi connectivity index (χ0n) is 9.51. The summed E-state index contributed by atoms with van der Waals surface area (Å²) in [5, 5.41) is 4.15. The quantitative estimate of drug-likeness (QED) is 0.720. The highest BCUT2D eigenvalue weighted by molar-refractivity contribution is 5.93. The Balaban J connectivity index is 2.27. The van der Waals surface area contributed by atoms with Gasteiger partial charge in [-0.3, -0.25) is 4.68 Å². The van der Waals surface area contributed by atoms with Crippen LogP contribution in [0.4, 0.5) is 0 Å². The van der Waals surface area contributed by atoms with Gasteiger partial charge < -0.3 is 9.72 Å². The Hall–Kier alpha value is -2.37. The highest BCUT2D eigenvalue weighted by Gasteiger charge is 2.12. The molecule has 3 aromatic heterocycles. The van der Waals surface area contributed by atoms with Crippen LogP contribution in [0.1, 0.15) is 0 Å². The number of fused-ring (bicyclic) bond motifs is 1. The minimum Gasteiger partial charge on any atom is -0.479 e. The summed E-state index contributed by atoms with van der Waals surface area (Å²) < 4.78 is 6.93. The Morgan fingerprint density at radius 1 is 1.29 bits per heavy atom. The molecule has 0 amide bonds. The average molecular weight is 229 g/mol. The van der Waals surface area contributed by atoms with Gasteiger partial charge in [0.2, 0.25) is 5.88 Å². The maximum absolute atomic E-state index is 5.18. The number of aromatic nitrogens is 5. The molecule has 6 heteroatoms. The van der Waals surface area contributed by atoms with E-state index in [0.29, 0.717) is 5.88 Å². The topological polar surface area (TPSA) is 68.6 Å². The summed E-state index contributed by atoms with van der Waals surface area (Å²) in [6, 6.07) is 0. The number of hydrogen-bond acceptors (Lipinski definition) is 4. The summed E-state index contributed by atoms with van der Waals surface area (Å²) in [7, 11) is 3.47. The molecule has 1 N–H and O–H groups in total. The Labute approximate surface area is 97.3 Å². The molecule has 0 unspecified atom stereocenters. The minimum absolute atomic E-state index is 0.546. The largest absolute Gasteiger partial charge is 0.479 e. The van der Waals surface area contributed by atoms with E-state index in [0.717, 1.165) is 22.2 Å². The number of aryl methyl sites for hydroxylation is 1. The smallest absolute Gasteiger partial charge is 0.239 e. The van der Waals surface area contributed by atoms with E-state index in [9.17, 15) is 0 Å². The van der Waals surface area contributed by atoms with Crippen molar-refractivity contribution >= 4 is 11.0 Å². The Morgan fingerprint density at radius 3 is 2.88 bits per heavy atom. The number of nitrogens with one attached hydrogen (secondary N) is 1. The molecule has 86 valence electrons. The first-order valence-electron chi connectivity index (χ1n) is 5.14. The molecule has 3 aromatic rings. The van der Waals surface area contributed by atoms with Crippen molar-refractivity contribution in [1.29, 1.82) is 0 Å². The van der Waals surface area contributed by atoms with Crippen molar-refractivity contribution < 1.29 is 4.74 Å². The summed E-state index contributed by atoms with van der Waals surface area (Å²) in [4.78, 5) is 11.6. The second kappa shape index (κ2) is 3.58. The second-order valence-corrected chi connectivity index (χ2v) is 3.71. The van der Waals surface area contributed by atoms with Gasteiger partial charge in [-0.25, -0.2) is 9.97 Å². The van der Waals surface area contributed by atoms with Crippen molar-refractivity contribution in [2.24, 2.45) is 7.05 Å². The zero-order chi connectivity index (χ0) is 11.8. The standard InChI is InChI=1S/C11H11N5O/c1-16-5-7(3-15-16)8-4-12-11(17-2)10-9(8)13-6-14-10/h3-6H,1-2H3,(H,13,14). The van der Waals surface area contributed by atoms with Gasteiger partial charge in [-0.1, -0.05) is 0 Å². The maximum Gasteiger partial charge on any atom is 0.239 e. The van der Waals surface area contributed by atoms with E-state index in [-0.39, 0.29) is 0 Å². The average Bonchev–Trinajstić information content (AvgIpc) is 2.96. The summed E-state index contributed by atoms with van der Waals surface area (Å²) in [6.07, 6.45) is 7.10. The normalized spacial score (nSPS) is 10.9. The van der Waals surface area contributed by atoms with E-state index < -0.39 is 0 Å². The number of methoxy groups -OCH3 is 1. The number of pyridine rings is 1.